The number of piperidine rings is 1. The number of benzene rings is 1. The van der Waals surface area contributed by atoms with Gasteiger partial charge in [-0.1, -0.05) is 12.8 Å². The fourth-order valence-corrected chi connectivity index (χ4v) is 4.25. The summed E-state index contributed by atoms with van der Waals surface area (Å²) in [6.07, 6.45) is 7.25. The second kappa shape index (κ2) is 7.32. The molecule has 5 nitrogen and oxygen atoms in total. The van der Waals surface area contributed by atoms with Crippen LogP contribution in [0.1, 0.15) is 48.9 Å². The van der Waals surface area contributed by atoms with Crippen molar-refractivity contribution in [1.29, 1.82) is 0 Å². The number of carbonyl (C=O) groups is 1. The number of carbonyl (C=O) groups excluding carboxylic acids is 1. The first-order chi connectivity index (χ1) is 11.7. The lowest BCUT2D eigenvalue weighted by molar-refractivity contribution is 0.0390. The zero-order valence-electron chi connectivity index (χ0n) is 14.8. The Kier molecular flexibility index (Phi) is 5.17. The summed E-state index contributed by atoms with van der Waals surface area (Å²) < 4.78 is 16.1. The fourth-order valence-electron chi connectivity index (χ4n) is 4.25. The lowest BCUT2D eigenvalue weighted by Crippen LogP contribution is -2.49. The molecule has 5 heteroatoms. The molecule has 3 rings (SSSR count). The van der Waals surface area contributed by atoms with E-state index in [0.717, 1.165) is 19.4 Å². The molecule has 1 aliphatic heterocycles. The summed E-state index contributed by atoms with van der Waals surface area (Å²) in [6, 6.07) is 3.91. The minimum atomic E-state index is 0.0749. The molecule has 0 spiro atoms. The molecule has 132 valence electrons. The SMILES string of the molecule is COc1cc(C(=O)N2CCC[C@H]3CCCC[C@@H]32)cc(OC)c1OC. The molecule has 1 saturated carbocycles. The van der Waals surface area contributed by atoms with Gasteiger partial charge < -0.3 is 19.1 Å². The molecule has 1 heterocycles. The van der Waals surface area contributed by atoms with Crippen molar-refractivity contribution in [2.24, 2.45) is 5.92 Å². The second-order valence-corrected chi connectivity index (χ2v) is 6.67. The number of nitrogens with zero attached hydrogens (tertiary/aromatic N) is 1. The molecule has 2 atom stereocenters. The third kappa shape index (κ3) is 3.04. The van der Waals surface area contributed by atoms with Crippen molar-refractivity contribution in [3.63, 3.8) is 0 Å². The van der Waals surface area contributed by atoms with Gasteiger partial charge in [-0.05, 0) is 43.7 Å². The third-order valence-corrected chi connectivity index (χ3v) is 5.42. The standard InChI is InChI=1S/C19H27NO4/c1-22-16-11-14(12-17(23-2)18(16)24-3)19(21)20-10-6-8-13-7-4-5-9-15(13)20/h11-13,15H,4-10H2,1-3H3/t13-,15+/m1/s1. The van der Waals surface area contributed by atoms with E-state index in [1.165, 1.54) is 25.7 Å². The van der Waals surface area contributed by atoms with E-state index in [2.05, 4.69) is 4.90 Å². The van der Waals surface area contributed by atoms with Crippen LogP contribution in [-0.4, -0.2) is 44.7 Å². The average molecular weight is 333 g/mol. The molecule has 1 aliphatic carbocycles. The Morgan fingerprint density at radius 3 is 2.21 bits per heavy atom. The van der Waals surface area contributed by atoms with Gasteiger partial charge in [0.1, 0.15) is 0 Å². The van der Waals surface area contributed by atoms with E-state index in [1.807, 2.05) is 0 Å². The highest BCUT2D eigenvalue weighted by Crippen LogP contribution is 2.40. The maximum atomic E-state index is 13.2. The van der Waals surface area contributed by atoms with E-state index in [1.54, 1.807) is 33.5 Å². The molecular weight excluding hydrogens is 306 g/mol. The number of amides is 1. The van der Waals surface area contributed by atoms with Crippen molar-refractivity contribution >= 4 is 5.91 Å². The Morgan fingerprint density at radius 1 is 0.958 bits per heavy atom. The molecule has 0 bridgehead atoms. The highest BCUT2D eigenvalue weighted by atomic mass is 16.5. The fraction of sp³-hybridized carbons (Fsp3) is 0.632. The highest BCUT2D eigenvalue weighted by Gasteiger charge is 2.36. The van der Waals surface area contributed by atoms with Gasteiger partial charge in [0, 0.05) is 18.2 Å². The topological polar surface area (TPSA) is 48.0 Å². The van der Waals surface area contributed by atoms with E-state index >= 15 is 0 Å². The molecule has 0 radical (unpaired) electrons. The zero-order chi connectivity index (χ0) is 17.1. The first kappa shape index (κ1) is 16.9. The minimum absolute atomic E-state index is 0.0749. The van der Waals surface area contributed by atoms with Crippen LogP contribution in [0.15, 0.2) is 12.1 Å². The van der Waals surface area contributed by atoms with Crippen LogP contribution in [-0.2, 0) is 0 Å². The van der Waals surface area contributed by atoms with Crippen molar-refractivity contribution < 1.29 is 19.0 Å². The Balaban J connectivity index is 1.91. The van der Waals surface area contributed by atoms with Gasteiger partial charge in [-0.25, -0.2) is 0 Å². The zero-order valence-corrected chi connectivity index (χ0v) is 14.8. The summed E-state index contributed by atoms with van der Waals surface area (Å²) in [5.74, 6) is 2.31. The number of hydrogen-bond donors (Lipinski definition) is 0. The van der Waals surface area contributed by atoms with Crippen molar-refractivity contribution in [3.05, 3.63) is 17.7 Å². The van der Waals surface area contributed by atoms with Gasteiger partial charge in [0.2, 0.25) is 5.75 Å². The lowest BCUT2D eigenvalue weighted by atomic mass is 9.78. The summed E-state index contributed by atoms with van der Waals surface area (Å²) in [6.45, 7) is 0.844. The van der Waals surface area contributed by atoms with Gasteiger partial charge in [0.25, 0.3) is 5.91 Å². The second-order valence-electron chi connectivity index (χ2n) is 6.67. The van der Waals surface area contributed by atoms with Gasteiger partial charge in [0.05, 0.1) is 21.3 Å². The van der Waals surface area contributed by atoms with Crippen LogP contribution in [0.5, 0.6) is 17.2 Å². The quantitative estimate of drug-likeness (QED) is 0.846. The molecule has 1 saturated heterocycles. The van der Waals surface area contributed by atoms with Crippen molar-refractivity contribution in [2.75, 3.05) is 27.9 Å². The molecule has 0 unspecified atom stereocenters. The van der Waals surface area contributed by atoms with Crippen LogP contribution in [0.3, 0.4) is 0 Å². The predicted octanol–water partition coefficient (Wildman–Crippen LogP) is 3.51. The van der Waals surface area contributed by atoms with E-state index in [-0.39, 0.29) is 5.91 Å². The first-order valence-corrected chi connectivity index (χ1v) is 8.80. The van der Waals surface area contributed by atoms with Crippen LogP contribution >= 0.6 is 0 Å². The summed E-state index contributed by atoms with van der Waals surface area (Å²) in [5, 5.41) is 0. The number of hydrogen-bond acceptors (Lipinski definition) is 4. The maximum Gasteiger partial charge on any atom is 0.254 e. The van der Waals surface area contributed by atoms with Crippen LogP contribution < -0.4 is 14.2 Å². The van der Waals surface area contributed by atoms with Crippen LogP contribution in [0.2, 0.25) is 0 Å². The first-order valence-electron chi connectivity index (χ1n) is 8.80. The largest absolute Gasteiger partial charge is 0.493 e. The number of methoxy groups -OCH3 is 3. The van der Waals surface area contributed by atoms with Gasteiger partial charge >= 0.3 is 0 Å². The lowest BCUT2D eigenvalue weighted by Gasteiger charge is -2.44. The summed E-state index contributed by atoms with van der Waals surface area (Å²) in [4.78, 5) is 15.2. The molecule has 2 fully saturated rings. The van der Waals surface area contributed by atoms with Gasteiger partial charge in [0.15, 0.2) is 11.5 Å². The van der Waals surface area contributed by atoms with Gasteiger partial charge in [-0.2, -0.15) is 0 Å². The van der Waals surface area contributed by atoms with Crippen LogP contribution in [0.4, 0.5) is 0 Å². The van der Waals surface area contributed by atoms with Crippen LogP contribution in [0, 0.1) is 5.92 Å². The Hall–Kier alpha value is -1.91. The number of fused-ring (bicyclic) bond motifs is 1. The Labute approximate surface area is 143 Å². The molecule has 0 N–H and O–H groups in total. The Bertz CT molecular complexity index is 574. The maximum absolute atomic E-state index is 13.2. The van der Waals surface area contributed by atoms with Crippen molar-refractivity contribution in [3.8, 4) is 17.2 Å². The molecule has 1 aromatic rings. The van der Waals surface area contributed by atoms with E-state index in [4.69, 9.17) is 14.2 Å². The smallest absolute Gasteiger partial charge is 0.254 e. The number of ether oxygens (including phenoxy) is 3. The molecule has 24 heavy (non-hydrogen) atoms. The van der Waals surface area contributed by atoms with E-state index in [9.17, 15) is 4.79 Å². The average Bonchev–Trinajstić information content (AvgIpc) is 2.65. The van der Waals surface area contributed by atoms with Gasteiger partial charge in [-0.3, -0.25) is 4.79 Å². The van der Waals surface area contributed by atoms with Crippen LogP contribution in [0.25, 0.3) is 0 Å². The molecule has 0 aromatic heterocycles. The van der Waals surface area contributed by atoms with E-state index < -0.39 is 0 Å². The number of likely N-dealkylation sites (tertiary alicyclic amines) is 1. The monoisotopic (exact) mass is 333 g/mol. The Morgan fingerprint density at radius 2 is 1.58 bits per heavy atom. The molecule has 1 aromatic carbocycles. The van der Waals surface area contributed by atoms with Crippen molar-refractivity contribution in [2.45, 2.75) is 44.6 Å². The molecule has 2 aliphatic rings. The molecular formula is C19H27NO4. The van der Waals surface area contributed by atoms with Crippen molar-refractivity contribution in [1.82, 2.24) is 4.90 Å². The minimum Gasteiger partial charge on any atom is -0.493 e. The normalized spacial score (nSPS) is 23.4. The van der Waals surface area contributed by atoms with Gasteiger partial charge in [-0.15, -0.1) is 0 Å². The summed E-state index contributed by atoms with van der Waals surface area (Å²) in [7, 11) is 4.71. The number of rotatable bonds is 4. The highest BCUT2D eigenvalue weighted by molar-refractivity contribution is 5.96. The summed E-state index contributed by atoms with van der Waals surface area (Å²) in [5.41, 5.74) is 0.607. The van der Waals surface area contributed by atoms with E-state index in [0.29, 0.717) is 34.8 Å². The molecule has 1 amide bonds. The third-order valence-electron chi connectivity index (χ3n) is 5.42. The predicted molar refractivity (Wildman–Crippen MR) is 92.1 cm³/mol. The summed E-state index contributed by atoms with van der Waals surface area (Å²) >= 11 is 0.